The van der Waals surface area contributed by atoms with Crippen LogP contribution in [0.25, 0.3) is 0 Å². The number of ether oxygens (including phenoxy) is 1. The topological polar surface area (TPSA) is 83.5 Å². The van der Waals surface area contributed by atoms with E-state index < -0.39 is 0 Å². The summed E-state index contributed by atoms with van der Waals surface area (Å²) in [6.07, 6.45) is 3.06. The number of rotatable bonds is 4. The van der Waals surface area contributed by atoms with Crippen LogP contribution in [0.2, 0.25) is 0 Å². The summed E-state index contributed by atoms with van der Waals surface area (Å²) in [7, 11) is 1.57. The number of nitrogens with zero attached hydrogens (tertiary/aromatic N) is 1. The Labute approximate surface area is 112 Å². The summed E-state index contributed by atoms with van der Waals surface area (Å²) >= 11 is 0. The summed E-state index contributed by atoms with van der Waals surface area (Å²) in [5.41, 5.74) is 0.761. The minimum Gasteiger partial charge on any atom is -0.394 e. The van der Waals surface area contributed by atoms with Gasteiger partial charge in [0, 0.05) is 32.1 Å². The van der Waals surface area contributed by atoms with E-state index in [2.05, 4.69) is 15.6 Å². The quantitative estimate of drug-likeness (QED) is 0.733. The molecule has 0 aromatic carbocycles. The van der Waals surface area contributed by atoms with E-state index in [0.29, 0.717) is 18.9 Å². The van der Waals surface area contributed by atoms with Crippen molar-refractivity contribution in [3.63, 3.8) is 0 Å². The maximum atomic E-state index is 11.5. The van der Waals surface area contributed by atoms with E-state index in [1.807, 2.05) is 0 Å². The lowest BCUT2D eigenvalue weighted by Gasteiger charge is -2.37. The highest BCUT2D eigenvalue weighted by Gasteiger charge is 2.31. The van der Waals surface area contributed by atoms with Crippen molar-refractivity contribution in [2.45, 2.75) is 18.4 Å². The van der Waals surface area contributed by atoms with E-state index in [-0.39, 0.29) is 18.1 Å². The first kappa shape index (κ1) is 13.8. The van der Waals surface area contributed by atoms with Crippen LogP contribution in [0.4, 0.5) is 5.69 Å². The number of nitrogens with one attached hydrogen (secondary N) is 2. The Balaban J connectivity index is 2.15. The Morgan fingerprint density at radius 1 is 1.53 bits per heavy atom. The van der Waals surface area contributed by atoms with Crippen LogP contribution in [0.3, 0.4) is 0 Å². The molecule has 2 heterocycles. The standard InChI is InChI=1S/C13H19N3O3/c1-14-12(18)11-8-10(2-5-15-11)16-13(9-17)3-6-19-7-4-13/h2,5,8,17H,3-4,6-7,9H2,1H3,(H,14,18)(H,15,16). The smallest absolute Gasteiger partial charge is 0.269 e. The molecule has 0 spiro atoms. The van der Waals surface area contributed by atoms with Gasteiger partial charge in [0.2, 0.25) is 0 Å². The number of aliphatic hydroxyl groups is 1. The fraction of sp³-hybridized carbons (Fsp3) is 0.538. The molecular formula is C13H19N3O3. The lowest BCUT2D eigenvalue weighted by molar-refractivity contribution is 0.0380. The lowest BCUT2D eigenvalue weighted by atomic mass is 9.90. The van der Waals surface area contributed by atoms with Crippen molar-refractivity contribution in [1.82, 2.24) is 10.3 Å². The third-order valence-corrected chi connectivity index (χ3v) is 3.38. The van der Waals surface area contributed by atoms with E-state index in [0.717, 1.165) is 18.5 Å². The molecule has 3 N–H and O–H groups in total. The zero-order chi connectivity index (χ0) is 13.7. The SMILES string of the molecule is CNC(=O)c1cc(NC2(CO)CCOCC2)ccn1. The first-order valence-electron chi connectivity index (χ1n) is 6.34. The molecule has 0 aliphatic carbocycles. The highest BCUT2D eigenvalue weighted by atomic mass is 16.5. The fourth-order valence-electron chi connectivity index (χ4n) is 2.15. The summed E-state index contributed by atoms with van der Waals surface area (Å²) in [6.45, 7) is 1.29. The number of hydrogen-bond acceptors (Lipinski definition) is 5. The van der Waals surface area contributed by atoms with Gasteiger partial charge < -0.3 is 20.5 Å². The van der Waals surface area contributed by atoms with Gasteiger partial charge in [-0.15, -0.1) is 0 Å². The van der Waals surface area contributed by atoms with Crippen LogP contribution in [-0.2, 0) is 4.74 Å². The third kappa shape index (κ3) is 3.21. The van der Waals surface area contributed by atoms with Gasteiger partial charge in [0.1, 0.15) is 5.69 Å². The van der Waals surface area contributed by atoms with Crippen molar-refractivity contribution in [1.29, 1.82) is 0 Å². The molecular weight excluding hydrogens is 246 g/mol. The van der Waals surface area contributed by atoms with E-state index in [9.17, 15) is 9.90 Å². The predicted octanol–water partition coefficient (Wildman–Crippen LogP) is 0.395. The Morgan fingerprint density at radius 3 is 2.89 bits per heavy atom. The number of aliphatic hydroxyl groups excluding tert-OH is 1. The number of pyridine rings is 1. The molecule has 0 saturated carbocycles. The van der Waals surface area contributed by atoms with E-state index in [1.165, 1.54) is 0 Å². The van der Waals surface area contributed by atoms with Gasteiger partial charge in [0.05, 0.1) is 12.1 Å². The van der Waals surface area contributed by atoms with Crippen LogP contribution in [0, 0.1) is 0 Å². The number of hydrogen-bond donors (Lipinski definition) is 3. The third-order valence-electron chi connectivity index (χ3n) is 3.38. The van der Waals surface area contributed by atoms with Gasteiger partial charge in [0.15, 0.2) is 0 Å². The molecule has 1 amide bonds. The number of aromatic nitrogens is 1. The molecule has 6 heteroatoms. The Hall–Kier alpha value is -1.66. The van der Waals surface area contributed by atoms with Crippen LogP contribution in [0.5, 0.6) is 0 Å². The summed E-state index contributed by atoms with van der Waals surface area (Å²) in [6, 6.07) is 3.48. The summed E-state index contributed by atoms with van der Waals surface area (Å²) in [5, 5.41) is 15.5. The number of amides is 1. The van der Waals surface area contributed by atoms with Gasteiger partial charge in [-0.25, -0.2) is 0 Å². The Morgan fingerprint density at radius 2 is 2.26 bits per heavy atom. The van der Waals surface area contributed by atoms with Crippen molar-refractivity contribution in [2.75, 3.05) is 32.2 Å². The van der Waals surface area contributed by atoms with Crippen molar-refractivity contribution >= 4 is 11.6 Å². The van der Waals surface area contributed by atoms with Crippen LogP contribution in [0.15, 0.2) is 18.3 Å². The molecule has 1 saturated heterocycles. The minimum atomic E-state index is -0.375. The zero-order valence-electron chi connectivity index (χ0n) is 11.0. The van der Waals surface area contributed by atoms with Crippen molar-refractivity contribution in [3.05, 3.63) is 24.0 Å². The van der Waals surface area contributed by atoms with Crippen molar-refractivity contribution in [2.24, 2.45) is 0 Å². The largest absolute Gasteiger partial charge is 0.394 e. The fourth-order valence-corrected chi connectivity index (χ4v) is 2.15. The van der Waals surface area contributed by atoms with E-state index in [4.69, 9.17) is 4.74 Å². The van der Waals surface area contributed by atoms with Crippen molar-refractivity contribution < 1.29 is 14.6 Å². The zero-order valence-corrected chi connectivity index (χ0v) is 11.0. The highest BCUT2D eigenvalue weighted by molar-refractivity contribution is 5.92. The van der Waals surface area contributed by atoms with E-state index >= 15 is 0 Å². The minimum absolute atomic E-state index is 0.0357. The molecule has 104 valence electrons. The van der Waals surface area contributed by atoms with Crippen LogP contribution >= 0.6 is 0 Å². The molecule has 0 bridgehead atoms. The molecule has 1 aromatic heterocycles. The average molecular weight is 265 g/mol. The first-order chi connectivity index (χ1) is 9.19. The second-order valence-corrected chi connectivity index (χ2v) is 4.68. The molecule has 0 atom stereocenters. The number of carbonyl (C=O) groups is 1. The summed E-state index contributed by atoms with van der Waals surface area (Å²) in [4.78, 5) is 15.5. The maximum Gasteiger partial charge on any atom is 0.269 e. The molecule has 1 aliphatic heterocycles. The molecule has 1 aromatic rings. The normalized spacial score (nSPS) is 17.8. The van der Waals surface area contributed by atoms with Gasteiger partial charge in [-0.1, -0.05) is 0 Å². The molecule has 1 aliphatic rings. The maximum absolute atomic E-state index is 11.5. The highest BCUT2D eigenvalue weighted by Crippen LogP contribution is 2.25. The van der Waals surface area contributed by atoms with Gasteiger partial charge >= 0.3 is 0 Å². The monoisotopic (exact) mass is 265 g/mol. The molecule has 0 unspecified atom stereocenters. The number of anilines is 1. The molecule has 2 rings (SSSR count). The second kappa shape index (κ2) is 5.99. The second-order valence-electron chi connectivity index (χ2n) is 4.68. The summed E-state index contributed by atoms with van der Waals surface area (Å²) < 4.78 is 5.32. The van der Waals surface area contributed by atoms with Gasteiger partial charge in [-0.05, 0) is 25.0 Å². The molecule has 6 nitrogen and oxygen atoms in total. The predicted molar refractivity (Wildman–Crippen MR) is 71.1 cm³/mol. The van der Waals surface area contributed by atoms with Gasteiger partial charge in [0.25, 0.3) is 5.91 Å². The van der Waals surface area contributed by atoms with Gasteiger partial charge in [-0.3, -0.25) is 9.78 Å². The van der Waals surface area contributed by atoms with Crippen molar-refractivity contribution in [3.8, 4) is 0 Å². The molecule has 19 heavy (non-hydrogen) atoms. The average Bonchev–Trinajstić information content (AvgIpc) is 2.47. The Kier molecular flexibility index (Phi) is 4.34. The lowest BCUT2D eigenvalue weighted by Crippen LogP contribution is -2.46. The summed E-state index contributed by atoms with van der Waals surface area (Å²) in [5.74, 6) is -0.228. The molecule has 0 radical (unpaired) electrons. The Bertz CT molecular complexity index is 445. The van der Waals surface area contributed by atoms with Crippen LogP contribution in [0.1, 0.15) is 23.3 Å². The number of carbonyl (C=O) groups excluding carboxylic acids is 1. The van der Waals surface area contributed by atoms with Crippen LogP contribution < -0.4 is 10.6 Å². The first-order valence-corrected chi connectivity index (χ1v) is 6.34. The molecule has 1 fully saturated rings. The van der Waals surface area contributed by atoms with Gasteiger partial charge in [-0.2, -0.15) is 0 Å². The van der Waals surface area contributed by atoms with E-state index in [1.54, 1.807) is 25.4 Å². The van der Waals surface area contributed by atoms with Crippen LogP contribution in [-0.4, -0.2) is 48.4 Å².